The molecular formula is C16H24N2O2. The van der Waals surface area contributed by atoms with Gasteiger partial charge >= 0.3 is 0 Å². The highest BCUT2D eigenvalue weighted by atomic mass is 16.5. The van der Waals surface area contributed by atoms with Crippen LogP contribution in [0.1, 0.15) is 31.0 Å². The van der Waals surface area contributed by atoms with Gasteiger partial charge in [-0.3, -0.25) is 4.79 Å². The van der Waals surface area contributed by atoms with Gasteiger partial charge in [-0.25, -0.2) is 0 Å². The largest absolute Gasteiger partial charge is 0.366 e. The fraction of sp³-hybridized carbons (Fsp3) is 0.562. The summed E-state index contributed by atoms with van der Waals surface area (Å²) < 4.78 is 5.51. The standard InChI is InChI=1S/C16H24N2O2/c1-11(2)15(13-7-5-4-6-12(13)3)18-16(19)14-10-17-8-9-20-14/h4-7,11,14-15,17H,8-10H2,1-3H3,(H,18,19). The number of morpholine rings is 1. The second-order valence-electron chi connectivity index (χ2n) is 5.65. The van der Waals surface area contributed by atoms with Crippen molar-refractivity contribution < 1.29 is 9.53 Å². The summed E-state index contributed by atoms with van der Waals surface area (Å²) in [6.45, 7) is 8.32. The molecule has 2 atom stereocenters. The monoisotopic (exact) mass is 276 g/mol. The number of hydrogen-bond donors (Lipinski definition) is 2. The van der Waals surface area contributed by atoms with Crippen LogP contribution in [0.25, 0.3) is 0 Å². The van der Waals surface area contributed by atoms with Crippen molar-refractivity contribution in [2.45, 2.75) is 32.9 Å². The first-order chi connectivity index (χ1) is 9.59. The van der Waals surface area contributed by atoms with Crippen molar-refractivity contribution in [3.8, 4) is 0 Å². The molecule has 1 aromatic carbocycles. The van der Waals surface area contributed by atoms with Crippen molar-refractivity contribution in [1.29, 1.82) is 0 Å². The molecule has 0 spiro atoms. The van der Waals surface area contributed by atoms with Crippen LogP contribution >= 0.6 is 0 Å². The van der Waals surface area contributed by atoms with Crippen molar-refractivity contribution in [2.75, 3.05) is 19.7 Å². The van der Waals surface area contributed by atoms with Crippen LogP contribution in [-0.4, -0.2) is 31.7 Å². The molecule has 1 aromatic rings. The van der Waals surface area contributed by atoms with Crippen molar-refractivity contribution >= 4 is 5.91 Å². The lowest BCUT2D eigenvalue weighted by Gasteiger charge is -2.28. The molecule has 4 nitrogen and oxygen atoms in total. The first-order valence-electron chi connectivity index (χ1n) is 7.28. The van der Waals surface area contributed by atoms with E-state index in [-0.39, 0.29) is 18.1 Å². The summed E-state index contributed by atoms with van der Waals surface area (Å²) >= 11 is 0. The number of hydrogen-bond acceptors (Lipinski definition) is 3. The normalized spacial score (nSPS) is 20.7. The Morgan fingerprint density at radius 3 is 2.75 bits per heavy atom. The van der Waals surface area contributed by atoms with Crippen molar-refractivity contribution in [1.82, 2.24) is 10.6 Å². The molecule has 110 valence electrons. The molecule has 0 aliphatic carbocycles. The van der Waals surface area contributed by atoms with E-state index in [0.29, 0.717) is 19.1 Å². The zero-order chi connectivity index (χ0) is 14.5. The van der Waals surface area contributed by atoms with E-state index in [2.05, 4.69) is 43.5 Å². The van der Waals surface area contributed by atoms with E-state index < -0.39 is 0 Å². The highest BCUT2D eigenvalue weighted by Crippen LogP contribution is 2.24. The maximum atomic E-state index is 12.3. The Bertz CT molecular complexity index is 454. The summed E-state index contributed by atoms with van der Waals surface area (Å²) in [4.78, 5) is 12.3. The number of ether oxygens (including phenoxy) is 1. The number of carbonyl (C=O) groups is 1. The molecule has 0 saturated carbocycles. The van der Waals surface area contributed by atoms with Gasteiger partial charge in [0.2, 0.25) is 0 Å². The van der Waals surface area contributed by atoms with E-state index in [9.17, 15) is 4.79 Å². The third-order valence-electron chi connectivity index (χ3n) is 3.71. The van der Waals surface area contributed by atoms with Gasteiger partial charge < -0.3 is 15.4 Å². The van der Waals surface area contributed by atoms with Crippen LogP contribution in [0, 0.1) is 12.8 Å². The van der Waals surface area contributed by atoms with Gasteiger partial charge in [-0.2, -0.15) is 0 Å². The quantitative estimate of drug-likeness (QED) is 0.881. The summed E-state index contributed by atoms with van der Waals surface area (Å²) in [5, 5.41) is 6.32. The zero-order valence-corrected chi connectivity index (χ0v) is 12.5. The molecule has 2 N–H and O–H groups in total. The molecule has 0 bridgehead atoms. The highest BCUT2D eigenvalue weighted by molar-refractivity contribution is 5.81. The fourth-order valence-electron chi connectivity index (χ4n) is 2.52. The molecule has 0 aromatic heterocycles. The Morgan fingerprint density at radius 2 is 2.15 bits per heavy atom. The molecule has 0 radical (unpaired) electrons. The Morgan fingerprint density at radius 1 is 1.40 bits per heavy atom. The van der Waals surface area contributed by atoms with E-state index in [1.165, 1.54) is 11.1 Å². The van der Waals surface area contributed by atoms with E-state index in [1.54, 1.807) is 0 Å². The molecular weight excluding hydrogens is 252 g/mol. The molecule has 1 heterocycles. The number of benzene rings is 1. The minimum absolute atomic E-state index is 0.0224. The molecule has 2 rings (SSSR count). The van der Waals surface area contributed by atoms with Gasteiger partial charge in [0.15, 0.2) is 0 Å². The van der Waals surface area contributed by atoms with Crippen molar-refractivity contribution in [2.24, 2.45) is 5.92 Å². The summed E-state index contributed by atoms with van der Waals surface area (Å²) in [6.07, 6.45) is -0.381. The van der Waals surface area contributed by atoms with E-state index in [4.69, 9.17) is 4.74 Å². The molecule has 1 aliphatic heterocycles. The van der Waals surface area contributed by atoms with Gasteiger partial charge in [0.05, 0.1) is 12.6 Å². The lowest BCUT2D eigenvalue weighted by molar-refractivity contribution is -0.135. The number of amides is 1. The average molecular weight is 276 g/mol. The van der Waals surface area contributed by atoms with Gasteiger partial charge in [0, 0.05) is 13.1 Å². The topological polar surface area (TPSA) is 50.4 Å². The highest BCUT2D eigenvalue weighted by Gasteiger charge is 2.26. The maximum Gasteiger partial charge on any atom is 0.250 e. The SMILES string of the molecule is Cc1ccccc1C(NC(=O)C1CNCCO1)C(C)C. The van der Waals surface area contributed by atoms with Crippen LogP contribution < -0.4 is 10.6 Å². The van der Waals surface area contributed by atoms with Crippen LogP contribution in [0.4, 0.5) is 0 Å². The Balaban J connectivity index is 2.10. The van der Waals surface area contributed by atoms with E-state index in [0.717, 1.165) is 6.54 Å². The molecule has 4 heteroatoms. The Hall–Kier alpha value is -1.39. The van der Waals surface area contributed by atoms with Crippen LogP contribution in [-0.2, 0) is 9.53 Å². The van der Waals surface area contributed by atoms with Gasteiger partial charge in [-0.1, -0.05) is 38.1 Å². The van der Waals surface area contributed by atoms with Crippen LogP contribution in [0.3, 0.4) is 0 Å². The Labute approximate surface area is 120 Å². The van der Waals surface area contributed by atoms with Crippen molar-refractivity contribution in [3.05, 3.63) is 35.4 Å². The van der Waals surface area contributed by atoms with Crippen molar-refractivity contribution in [3.63, 3.8) is 0 Å². The first-order valence-corrected chi connectivity index (χ1v) is 7.28. The molecule has 1 amide bonds. The average Bonchev–Trinajstić information content (AvgIpc) is 2.46. The molecule has 1 fully saturated rings. The van der Waals surface area contributed by atoms with Gasteiger partial charge in [0.25, 0.3) is 5.91 Å². The predicted molar refractivity (Wildman–Crippen MR) is 79.5 cm³/mol. The summed E-state index contributed by atoms with van der Waals surface area (Å²) in [5.41, 5.74) is 2.38. The molecule has 20 heavy (non-hydrogen) atoms. The maximum absolute atomic E-state index is 12.3. The summed E-state index contributed by atoms with van der Waals surface area (Å²) in [5.74, 6) is 0.302. The van der Waals surface area contributed by atoms with Gasteiger partial charge in [0.1, 0.15) is 6.10 Å². The first kappa shape index (κ1) is 15.0. The lowest BCUT2D eigenvalue weighted by Crippen LogP contribution is -2.49. The summed E-state index contributed by atoms with van der Waals surface area (Å²) in [7, 11) is 0. The van der Waals surface area contributed by atoms with Crippen LogP contribution in [0.2, 0.25) is 0 Å². The molecule has 1 saturated heterocycles. The zero-order valence-electron chi connectivity index (χ0n) is 12.5. The third kappa shape index (κ3) is 3.58. The van der Waals surface area contributed by atoms with Crippen LogP contribution in [0.15, 0.2) is 24.3 Å². The van der Waals surface area contributed by atoms with Gasteiger partial charge in [-0.05, 0) is 24.0 Å². The van der Waals surface area contributed by atoms with E-state index >= 15 is 0 Å². The Kier molecular flexibility index (Phi) is 5.15. The minimum Gasteiger partial charge on any atom is -0.366 e. The van der Waals surface area contributed by atoms with Crippen LogP contribution in [0.5, 0.6) is 0 Å². The minimum atomic E-state index is -0.381. The smallest absolute Gasteiger partial charge is 0.250 e. The number of rotatable bonds is 4. The molecule has 1 aliphatic rings. The predicted octanol–water partition coefficient (Wildman–Crippen LogP) is 1.80. The number of carbonyl (C=O) groups excluding carboxylic acids is 1. The third-order valence-corrected chi connectivity index (χ3v) is 3.71. The summed E-state index contributed by atoms with van der Waals surface area (Å²) in [6, 6.07) is 8.22. The second-order valence-corrected chi connectivity index (χ2v) is 5.65. The lowest BCUT2D eigenvalue weighted by atomic mass is 9.92. The number of nitrogens with one attached hydrogen (secondary N) is 2. The fourth-order valence-corrected chi connectivity index (χ4v) is 2.52. The second kappa shape index (κ2) is 6.86. The van der Waals surface area contributed by atoms with E-state index in [1.807, 2.05) is 12.1 Å². The van der Waals surface area contributed by atoms with Gasteiger partial charge in [-0.15, -0.1) is 0 Å². The molecule has 2 unspecified atom stereocenters. The number of aryl methyl sites for hydroxylation is 1.